The maximum atomic E-state index is 12.1. The normalized spacial score (nSPS) is 11.7. The number of amides is 1. The van der Waals surface area contributed by atoms with E-state index >= 15 is 0 Å². The Labute approximate surface area is 129 Å². The Bertz CT molecular complexity index is 635. The summed E-state index contributed by atoms with van der Waals surface area (Å²) < 4.78 is 7.10. The van der Waals surface area contributed by atoms with Crippen molar-refractivity contribution in [3.63, 3.8) is 0 Å². The van der Waals surface area contributed by atoms with Crippen LogP contribution < -0.4 is 5.32 Å². The molecule has 116 valence electrons. The molecule has 0 bridgehead atoms. The summed E-state index contributed by atoms with van der Waals surface area (Å²) in [7, 11) is 0. The first kappa shape index (κ1) is 15.8. The monoisotopic (exact) mass is 300 g/mol. The van der Waals surface area contributed by atoms with Gasteiger partial charge in [-0.2, -0.15) is 0 Å². The molecular weight excluding hydrogens is 280 g/mol. The molecule has 2 rings (SSSR count). The lowest BCUT2D eigenvalue weighted by Crippen LogP contribution is -2.36. The number of rotatable bonds is 6. The van der Waals surface area contributed by atoms with E-state index in [1.165, 1.54) is 0 Å². The van der Waals surface area contributed by atoms with Crippen LogP contribution in [0.2, 0.25) is 0 Å². The smallest absolute Gasteiger partial charge is 0.338 e. The SMILES string of the molecule is CCCNC(=O)[C@@H](C)OC(=O)c1cccc(-n2cccc2)c1. The molecule has 0 saturated carbocycles. The third-order valence-electron chi connectivity index (χ3n) is 3.19. The van der Waals surface area contributed by atoms with Gasteiger partial charge in [-0.25, -0.2) is 4.79 Å². The summed E-state index contributed by atoms with van der Waals surface area (Å²) in [6.07, 6.45) is 3.82. The van der Waals surface area contributed by atoms with Crippen LogP contribution in [0.5, 0.6) is 0 Å². The van der Waals surface area contributed by atoms with Crippen LogP contribution in [0.3, 0.4) is 0 Å². The van der Waals surface area contributed by atoms with E-state index in [-0.39, 0.29) is 5.91 Å². The molecular formula is C17H20N2O3. The van der Waals surface area contributed by atoms with Gasteiger partial charge in [0.25, 0.3) is 5.91 Å². The Hall–Kier alpha value is -2.56. The Morgan fingerprint density at radius 3 is 2.64 bits per heavy atom. The molecule has 2 aromatic rings. The van der Waals surface area contributed by atoms with Crippen molar-refractivity contribution in [2.75, 3.05) is 6.54 Å². The van der Waals surface area contributed by atoms with E-state index in [0.717, 1.165) is 12.1 Å². The summed E-state index contributed by atoms with van der Waals surface area (Å²) in [6.45, 7) is 4.10. The van der Waals surface area contributed by atoms with Gasteiger partial charge in [0.1, 0.15) is 0 Å². The van der Waals surface area contributed by atoms with Crippen molar-refractivity contribution in [3.05, 3.63) is 54.4 Å². The molecule has 1 amide bonds. The molecule has 0 aliphatic carbocycles. The number of hydrogen-bond acceptors (Lipinski definition) is 3. The number of carbonyl (C=O) groups is 2. The Morgan fingerprint density at radius 2 is 1.95 bits per heavy atom. The topological polar surface area (TPSA) is 60.3 Å². The van der Waals surface area contributed by atoms with E-state index in [0.29, 0.717) is 12.1 Å². The molecule has 0 unspecified atom stereocenters. The minimum absolute atomic E-state index is 0.281. The van der Waals surface area contributed by atoms with Gasteiger partial charge in [-0.15, -0.1) is 0 Å². The number of nitrogens with one attached hydrogen (secondary N) is 1. The van der Waals surface area contributed by atoms with Crippen LogP contribution >= 0.6 is 0 Å². The molecule has 1 N–H and O–H groups in total. The van der Waals surface area contributed by atoms with E-state index in [9.17, 15) is 9.59 Å². The minimum atomic E-state index is -0.811. The number of nitrogens with zero attached hydrogens (tertiary/aromatic N) is 1. The Balaban J connectivity index is 2.04. The predicted octanol–water partition coefficient (Wildman–Crippen LogP) is 2.55. The molecule has 1 atom stereocenters. The summed E-state index contributed by atoms with van der Waals surface area (Å²) in [4.78, 5) is 23.9. The maximum absolute atomic E-state index is 12.1. The third kappa shape index (κ3) is 3.97. The van der Waals surface area contributed by atoms with Gasteiger partial charge in [-0.05, 0) is 43.7 Å². The first-order chi connectivity index (χ1) is 10.6. The molecule has 1 heterocycles. The molecule has 0 saturated heterocycles. The average molecular weight is 300 g/mol. The lowest BCUT2D eigenvalue weighted by molar-refractivity contribution is -0.129. The quantitative estimate of drug-likeness (QED) is 0.834. The molecule has 1 aromatic heterocycles. The highest BCUT2D eigenvalue weighted by molar-refractivity contribution is 5.92. The van der Waals surface area contributed by atoms with Gasteiger partial charge in [0.2, 0.25) is 0 Å². The highest BCUT2D eigenvalue weighted by Crippen LogP contribution is 2.12. The van der Waals surface area contributed by atoms with Gasteiger partial charge in [-0.1, -0.05) is 13.0 Å². The molecule has 0 radical (unpaired) electrons. The fraction of sp³-hybridized carbons (Fsp3) is 0.294. The number of esters is 1. The molecule has 1 aromatic carbocycles. The largest absolute Gasteiger partial charge is 0.449 e. The molecule has 22 heavy (non-hydrogen) atoms. The summed E-state index contributed by atoms with van der Waals surface area (Å²) in [5.74, 6) is -0.787. The van der Waals surface area contributed by atoms with Gasteiger partial charge in [0.05, 0.1) is 5.56 Å². The lowest BCUT2D eigenvalue weighted by Gasteiger charge is -2.13. The van der Waals surface area contributed by atoms with Crippen LogP contribution in [0.4, 0.5) is 0 Å². The summed E-state index contributed by atoms with van der Waals surface area (Å²) in [5.41, 5.74) is 1.28. The first-order valence-electron chi connectivity index (χ1n) is 7.34. The van der Waals surface area contributed by atoms with Crippen LogP contribution in [0, 0.1) is 0 Å². The van der Waals surface area contributed by atoms with Gasteiger partial charge in [-0.3, -0.25) is 4.79 Å². The van der Waals surface area contributed by atoms with Crippen molar-refractivity contribution < 1.29 is 14.3 Å². The average Bonchev–Trinajstić information content (AvgIpc) is 3.07. The number of ether oxygens (including phenoxy) is 1. The van der Waals surface area contributed by atoms with Crippen LogP contribution in [-0.2, 0) is 9.53 Å². The molecule has 0 spiro atoms. The van der Waals surface area contributed by atoms with Gasteiger partial charge in [0.15, 0.2) is 6.10 Å². The maximum Gasteiger partial charge on any atom is 0.338 e. The molecule has 0 aliphatic rings. The van der Waals surface area contributed by atoms with Crippen molar-refractivity contribution in [1.82, 2.24) is 9.88 Å². The zero-order valence-electron chi connectivity index (χ0n) is 12.8. The van der Waals surface area contributed by atoms with E-state index in [4.69, 9.17) is 4.74 Å². The van der Waals surface area contributed by atoms with E-state index < -0.39 is 12.1 Å². The second-order valence-electron chi connectivity index (χ2n) is 4.98. The highest BCUT2D eigenvalue weighted by Gasteiger charge is 2.18. The van der Waals surface area contributed by atoms with E-state index in [1.54, 1.807) is 25.1 Å². The van der Waals surface area contributed by atoms with Crippen LogP contribution in [0.25, 0.3) is 5.69 Å². The lowest BCUT2D eigenvalue weighted by atomic mass is 10.2. The highest BCUT2D eigenvalue weighted by atomic mass is 16.5. The zero-order chi connectivity index (χ0) is 15.9. The number of aromatic nitrogens is 1. The van der Waals surface area contributed by atoms with Crippen LogP contribution in [-0.4, -0.2) is 29.1 Å². The van der Waals surface area contributed by atoms with E-state index in [2.05, 4.69) is 5.32 Å². The van der Waals surface area contributed by atoms with Crippen LogP contribution in [0.1, 0.15) is 30.6 Å². The number of benzene rings is 1. The second kappa shape index (κ2) is 7.45. The standard InChI is InChI=1S/C17H20N2O3/c1-3-9-18-16(20)13(2)22-17(21)14-7-6-8-15(12-14)19-10-4-5-11-19/h4-8,10-13H,3,9H2,1-2H3,(H,18,20)/t13-/m1/s1. The van der Waals surface area contributed by atoms with Gasteiger partial charge >= 0.3 is 5.97 Å². The fourth-order valence-corrected chi connectivity index (χ4v) is 1.97. The number of carbonyl (C=O) groups excluding carboxylic acids is 2. The fourth-order valence-electron chi connectivity index (χ4n) is 1.97. The van der Waals surface area contributed by atoms with Crippen molar-refractivity contribution in [2.45, 2.75) is 26.4 Å². The Kier molecular flexibility index (Phi) is 5.36. The van der Waals surface area contributed by atoms with Crippen molar-refractivity contribution >= 4 is 11.9 Å². The molecule has 5 nitrogen and oxygen atoms in total. The second-order valence-corrected chi connectivity index (χ2v) is 4.98. The van der Waals surface area contributed by atoms with Crippen LogP contribution in [0.15, 0.2) is 48.8 Å². The summed E-state index contributed by atoms with van der Waals surface area (Å²) in [5, 5.41) is 2.70. The minimum Gasteiger partial charge on any atom is -0.449 e. The van der Waals surface area contributed by atoms with E-state index in [1.807, 2.05) is 42.1 Å². The predicted molar refractivity (Wildman–Crippen MR) is 83.9 cm³/mol. The van der Waals surface area contributed by atoms with Gasteiger partial charge < -0.3 is 14.6 Å². The first-order valence-corrected chi connectivity index (χ1v) is 7.34. The van der Waals surface area contributed by atoms with Gasteiger partial charge in [0, 0.05) is 24.6 Å². The summed E-state index contributed by atoms with van der Waals surface area (Å²) >= 11 is 0. The molecule has 0 aliphatic heterocycles. The Morgan fingerprint density at radius 1 is 1.23 bits per heavy atom. The van der Waals surface area contributed by atoms with Crippen molar-refractivity contribution in [2.24, 2.45) is 0 Å². The molecule has 5 heteroatoms. The molecule has 0 fully saturated rings. The third-order valence-corrected chi connectivity index (χ3v) is 3.19. The zero-order valence-corrected chi connectivity index (χ0v) is 12.8. The summed E-state index contributed by atoms with van der Waals surface area (Å²) in [6, 6.07) is 10.9. The number of hydrogen-bond donors (Lipinski definition) is 1. The van der Waals surface area contributed by atoms with Crippen molar-refractivity contribution in [3.8, 4) is 5.69 Å². The van der Waals surface area contributed by atoms with Crippen molar-refractivity contribution in [1.29, 1.82) is 0 Å².